The molecule has 0 spiro atoms. The van der Waals surface area contributed by atoms with Gasteiger partial charge in [-0.25, -0.2) is 9.18 Å². The quantitative estimate of drug-likeness (QED) is 0.899. The molecule has 1 aromatic rings. The Labute approximate surface area is 128 Å². The fraction of sp³-hybridized carbons (Fsp3) is 0.500. The van der Waals surface area contributed by atoms with Gasteiger partial charge in [-0.15, -0.1) is 0 Å². The van der Waals surface area contributed by atoms with Gasteiger partial charge in [0, 0.05) is 26.0 Å². The molecular weight excluding hydrogens is 289 g/mol. The monoisotopic (exact) mass is 309 g/mol. The summed E-state index contributed by atoms with van der Waals surface area (Å²) < 4.78 is 18.4. The van der Waals surface area contributed by atoms with Crippen LogP contribution < -0.4 is 0 Å². The van der Waals surface area contributed by atoms with E-state index >= 15 is 0 Å². The number of nitrogens with zero attached hydrogens (tertiary/aromatic N) is 1. The molecule has 1 aliphatic rings. The fourth-order valence-electron chi connectivity index (χ4n) is 2.83. The van der Waals surface area contributed by atoms with Gasteiger partial charge in [-0.3, -0.25) is 4.79 Å². The summed E-state index contributed by atoms with van der Waals surface area (Å²) in [6.45, 7) is 2.01. The SMILES string of the molecule is COC1CC(C(=O)O)N(C(=O)C(C)Cc2cccc(F)c2)C1. The minimum atomic E-state index is -1.02. The van der Waals surface area contributed by atoms with Gasteiger partial charge in [-0.2, -0.15) is 0 Å². The van der Waals surface area contributed by atoms with Crippen molar-refractivity contribution < 1.29 is 23.8 Å². The number of aliphatic carboxylic acids is 1. The van der Waals surface area contributed by atoms with Crippen LogP contribution in [0.15, 0.2) is 24.3 Å². The highest BCUT2D eigenvalue weighted by Gasteiger charge is 2.40. The maximum absolute atomic E-state index is 13.2. The highest BCUT2D eigenvalue weighted by Crippen LogP contribution is 2.23. The molecule has 120 valence electrons. The Kier molecular flexibility index (Phi) is 5.13. The van der Waals surface area contributed by atoms with Crippen LogP contribution in [-0.4, -0.2) is 47.7 Å². The molecule has 1 aromatic carbocycles. The Morgan fingerprint density at radius 1 is 1.50 bits per heavy atom. The summed E-state index contributed by atoms with van der Waals surface area (Å²) in [4.78, 5) is 25.2. The standard InChI is InChI=1S/C16H20FNO4/c1-10(6-11-4-3-5-12(17)7-11)15(19)18-9-13(22-2)8-14(18)16(20)21/h3-5,7,10,13-14H,6,8-9H2,1-2H3,(H,20,21). The minimum absolute atomic E-state index is 0.240. The zero-order chi connectivity index (χ0) is 16.3. The van der Waals surface area contributed by atoms with Crippen molar-refractivity contribution in [3.63, 3.8) is 0 Å². The van der Waals surface area contributed by atoms with Crippen LogP contribution in [0.25, 0.3) is 0 Å². The first-order valence-corrected chi connectivity index (χ1v) is 7.23. The molecule has 22 heavy (non-hydrogen) atoms. The van der Waals surface area contributed by atoms with E-state index in [0.717, 1.165) is 5.56 Å². The largest absolute Gasteiger partial charge is 0.480 e. The average Bonchev–Trinajstić information content (AvgIpc) is 2.91. The van der Waals surface area contributed by atoms with E-state index in [9.17, 15) is 19.1 Å². The van der Waals surface area contributed by atoms with Crippen molar-refractivity contribution in [1.29, 1.82) is 0 Å². The van der Waals surface area contributed by atoms with Crippen molar-refractivity contribution in [3.8, 4) is 0 Å². The fourth-order valence-corrected chi connectivity index (χ4v) is 2.83. The van der Waals surface area contributed by atoms with Crippen molar-refractivity contribution in [2.24, 2.45) is 5.92 Å². The van der Waals surface area contributed by atoms with E-state index in [1.807, 2.05) is 0 Å². The topological polar surface area (TPSA) is 66.8 Å². The number of carbonyl (C=O) groups excluding carboxylic acids is 1. The predicted molar refractivity (Wildman–Crippen MR) is 77.8 cm³/mol. The summed E-state index contributed by atoms with van der Waals surface area (Å²) in [6.07, 6.45) is 0.410. The molecule has 2 rings (SSSR count). The molecule has 5 nitrogen and oxygen atoms in total. The molecule has 3 atom stereocenters. The third kappa shape index (κ3) is 3.62. The third-order valence-corrected chi connectivity index (χ3v) is 4.02. The number of rotatable bonds is 5. The van der Waals surface area contributed by atoms with Crippen LogP contribution in [-0.2, 0) is 20.7 Å². The van der Waals surface area contributed by atoms with E-state index < -0.39 is 17.9 Å². The van der Waals surface area contributed by atoms with Crippen molar-refractivity contribution in [2.45, 2.75) is 31.9 Å². The molecule has 0 bridgehead atoms. The van der Waals surface area contributed by atoms with Crippen LogP contribution in [0.4, 0.5) is 4.39 Å². The zero-order valence-electron chi connectivity index (χ0n) is 12.7. The van der Waals surface area contributed by atoms with Gasteiger partial charge in [0.25, 0.3) is 0 Å². The van der Waals surface area contributed by atoms with Gasteiger partial charge in [0.15, 0.2) is 0 Å². The Balaban J connectivity index is 2.07. The van der Waals surface area contributed by atoms with E-state index in [2.05, 4.69) is 0 Å². The van der Waals surface area contributed by atoms with Gasteiger partial charge in [0.2, 0.25) is 5.91 Å². The van der Waals surface area contributed by atoms with Crippen LogP contribution in [0.1, 0.15) is 18.9 Å². The molecule has 0 radical (unpaired) electrons. The van der Waals surface area contributed by atoms with Crippen molar-refractivity contribution in [3.05, 3.63) is 35.6 Å². The number of carboxylic acids is 1. The predicted octanol–water partition coefficient (Wildman–Crippen LogP) is 1.70. The Bertz CT molecular complexity index is 563. The normalized spacial score (nSPS) is 22.6. The lowest BCUT2D eigenvalue weighted by Gasteiger charge is -2.24. The Morgan fingerprint density at radius 3 is 2.82 bits per heavy atom. The van der Waals surface area contributed by atoms with Crippen LogP contribution in [0, 0.1) is 11.7 Å². The van der Waals surface area contributed by atoms with Crippen LogP contribution in [0.3, 0.4) is 0 Å². The lowest BCUT2D eigenvalue weighted by molar-refractivity contribution is -0.149. The molecule has 1 heterocycles. The molecule has 1 fully saturated rings. The van der Waals surface area contributed by atoms with E-state index in [0.29, 0.717) is 12.8 Å². The summed E-state index contributed by atoms with van der Waals surface area (Å²) in [5.74, 6) is -2.03. The Morgan fingerprint density at radius 2 is 2.23 bits per heavy atom. The number of likely N-dealkylation sites (tertiary alicyclic amines) is 1. The summed E-state index contributed by atoms with van der Waals surface area (Å²) in [5, 5.41) is 9.25. The average molecular weight is 309 g/mol. The number of amides is 1. The van der Waals surface area contributed by atoms with E-state index in [-0.39, 0.29) is 24.4 Å². The number of benzene rings is 1. The molecule has 0 saturated carbocycles. The molecule has 1 N–H and O–H groups in total. The van der Waals surface area contributed by atoms with Crippen molar-refractivity contribution >= 4 is 11.9 Å². The molecule has 1 aliphatic heterocycles. The van der Waals surface area contributed by atoms with Crippen LogP contribution >= 0.6 is 0 Å². The molecular formula is C16H20FNO4. The van der Waals surface area contributed by atoms with Gasteiger partial charge in [0.05, 0.1) is 6.10 Å². The lowest BCUT2D eigenvalue weighted by atomic mass is 9.99. The van der Waals surface area contributed by atoms with E-state index in [1.54, 1.807) is 19.1 Å². The third-order valence-electron chi connectivity index (χ3n) is 4.02. The maximum atomic E-state index is 13.2. The number of ether oxygens (including phenoxy) is 1. The van der Waals surface area contributed by atoms with E-state index in [1.165, 1.54) is 24.1 Å². The first-order valence-electron chi connectivity index (χ1n) is 7.23. The first kappa shape index (κ1) is 16.4. The minimum Gasteiger partial charge on any atom is -0.480 e. The molecule has 1 amide bonds. The molecule has 0 aliphatic carbocycles. The number of carboxylic acid groups (broad SMARTS) is 1. The molecule has 6 heteroatoms. The Hall–Kier alpha value is -1.95. The summed E-state index contributed by atoms with van der Waals surface area (Å²) >= 11 is 0. The smallest absolute Gasteiger partial charge is 0.326 e. The van der Waals surface area contributed by atoms with Gasteiger partial charge >= 0.3 is 5.97 Å². The molecule has 3 unspecified atom stereocenters. The number of hydrogen-bond acceptors (Lipinski definition) is 3. The number of hydrogen-bond donors (Lipinski definition) is 1. The van der Waals surface area contributed by atoms with Crippen molar-refractivity contribution in [1.82, 2.24) is 4.90 Å². The van der Waals surface area contributed by atoms with Crippen LogP contribution in [0.5, 0.6) is 0 Å². The van der Waals surface area contributed by atoms with Crippen LogP contribution in [0.2, 0.25) is 0 Å². The summed E-state index contributed by atoms with van der Waals surface area (Å²) in [7, 11) is 1.51. The zero-order valence-corrected chi connectivity index (χ0v) is 12.7. The molecule has 0 aromatic heterocycles. The number of carbonyl (C=O) groups is 2. The highest BCUT2D eigenvalue weighted by molar-refractivity contribution is 5.85. The van der Waals surface area contributed by atoms with Gasteiger partial charge in [-0.05, 0) is 24.1 Å². The van der Waals surface area contributed by atoms with Crippen molar-refractivity contribution in [2.75, 3.05) is 13.7 Å². The molecule has 1 saturated heterocycles. The number of methoxy groups -OCH3 is 1. The number of halogens is 1. The second-order valence-corrected chi connectivity index (χ2v) is 5.67. The second kappa shape index (κ2) is 6.87. The van der Waals surface area contributed by atoms with Gasteiger partial charge in [-0.1, -0.05) is 19.1 Å². The summed E-state index contributed by atoms with van der Waals surface area (Å²) in [5.41, 5.74) is 0.718. The first-order chi connectivity index (χ1) is 10.4. The highest BCUT2D eigenvalue weighted by atomic mass is 19.1. The maximum Gasteiger partial charge on any atom is 0.326 e. The van der Waals surface area contributed by atoms with E-state index in [4.69, 9.17) is 4.74 Å². The van der Waals surface area contributed by atoms with Gasteiger partial charge in [0.1, 0.15) is 11.9 Å². The summed E-state index contributed by atoms with van der Waals surface area (Å²) in [6, 6.07) is 5.23. The van der Waals surface area contributed by atoms with Gasteiger partial charge < -0.3 is 14.7 Å². The lowest BCUT2D eigenvalue weighted by Crippen LogP contribution is -2.43. The second-order valence-electron chi connectivity index (χ2n) is 5.67.